The van der Waals surface area contributed by atoms with Gasteiger partial charge in [-0.15, -0.1) is 0 Å². The average molecular weight is 466 g/mol. The Labute approximate surface area is 194 Å². The minimum atomic E-state index is -0.543. The monoisotopic (exact) mass is 466 g/mol. The summed E-state index contributed by atoms with van der Waals surface area (Å²) in [5, 5.41) is 16.4. The molecule has 2 aromatic heterocycles. The maximum Gasteiger partial charge on any atom is 0.334 e. The van der Waals surface area contributed by atoms with E-state index < -0.39 is 10.7 Å². The third kappa shape index (κ3) is 3.56. The number of nitro groups is 1. The van der Waals surface area contributed by atoms with Crippen molar-refractivity contribution in [3.63, 3.8) is 0 Å². The van der Waals surface area contributed by atoms with Crippen molar-refractivity contribution in [2.24, 2.45) is 7.05 Å². The summed E-state index contributed by atoms with van der Waals surface area (Å²) in [5.41, 5.74) is 1.36. The Morgan fingerprint density at radius 1 is 1.03 bits per heavy atom. The number of aromatic nitrogens is 3. The molecular formula is C23H22N4O7. The third-order valence-corrected chi connectivity index (χ3v) is 5.46. The smallest absolute Gasteiger partial charge is 0.334 e. The number of ether oxygens (including phenoxy) is 4. The maximum atomic E-state index is 13.9. The van der Waals surface area contributed by atoms with Crippen LogP contribution in [-0.4, -0.2) is 53.9 Å². The molecule has 1 N–H and O–H groups in total. The van der Waals surface area contributed by atoms with Crippen molar-refractivity contribution in [3.05, 3.63) is 57.9 Å². The van der Waals surface area contributed by atoms with Gasteiger partial charge in [-0.1, -0.05) is 0 Å². The van der Waals surface area contributed by atoms with Crippen LogP contribution in [0.2, 0.25) is 0 Å². The predicted molar refractivity (Wildman–Crippen MR) is 123 cm³/mol. The van der Waals surface area contributed by atoms with Gasteiger partial charge in [0, 0.05) is 29.8 Å². The van der Waals surface area contributed by atoms with Crippen LogP contribution in [0.3, 0.4) is 0 Å². The predicted octanol–water partition coefficient (Wildman–Crippen LogP) is 3.74. The van der Waals surface area contributed by atoms with Gasteiger partial charge >= 0.3 is 5.69 Å². The Balaban J connectivity index is 2.04. The van der Waals surface area contributed by atoms with Crippen molar-refractivity contribution >= 4 is 22.4 Å². The standard InChI is InChI=1S/C23H22N4O7/c1-26-11-13(10-24-26)19-18(14-6-7-15(31-2)21(27(29)30)20(14)25-19)22(28)12-8-16(32-3)23(34-5)17(9-12)33-4/h6-11,25H,1-5H3. The second kappa shape index (κ2) is 8.77. The van der Waals surface area contributed by atoms with Crippen molar-refractivity contribution in [2.75, 3.05) is 28.4 Å². The van der Waals surface area contributed by atoms with E-state index in [0.29, 0.717) is 33.9 Å². The third-order valence-electron chi connectivity index (χ3n) is 5.46. The molecule has 0 aliphatic rings. The van der Waals surface area contributed by atoms with Gasteiger partial charge in [0.15, 0.2) is 23.0 Å². The number of benzene rings is 2. The molecule has 2 heterocycles. The lowest BCUT2D eigenvalue weighted by atomic mass is 9.97. The molecule has 0 aliphatic carbocycles. The first kappa shape index (κ1) is 22.6. The molecule has 0 amide bonds. The lowest BCUT2D eigenvalue weighted by molar-refractivity contribution is -0.384. The zero-order valence-electron chi connectivity index (χ0n) is 19.2. The Morgan fingerprint density at radius 3 is 2.18 bits per heavy atom. The number of H-pyrrole nitrogens is 1. The molecule has 0 unspecified atom stereocenters. The average Bonchev–Trinajstić information content (AvgIpc) is 3.44. The maximum absolute atomic E-state index is 13.9. The Bertz CT molecular complexity index is 1400. The number of carbonyl (C=O) groups excluding carboxylic acids is 1. The zero-order valence-corrected chi connectivity index (χ0v) is 19.2. The van der Waals surface area contributed by atoms with Gasteiger partial charge in [-0.3, -0.25) is 19.6 Å². The Hall–Kier alpha value is -4.54. The molecule has 11 nitrogen and oxygen atoms in total. The van der Waals surface area contributed by atoms with Crippen LogP contribution < -0.4 is 18.9 Å². The van der Waals surface area contributed by atoms with Crippen LogP contribution in [-0.2, 0) is 7.05 Å². The van der Waals surface area contributed by atoms with E-state index in [1.165, 1.54) is 46.6 Å². The van der Waals surface area contributed by atoms with E-state index >= 15 is 0 Å². The SMILES string of the molecule is COc1cc(C(=O)c2c(-c3cnn(C)c3)[nH]c3c([N+](=O)[O-])c(OC)ccc23)cc(OC)c1OC. The van der Waals surface area contributed by atoms with E-state index in [1.807, 2.05) is 0 Å². The summed E-state index contributed by atoms with van der Waals surface area (Å²) in [6.07, 6.45) is 3.28. The number of nitro benzene ring substituents is 1. The van der Waals surface area contributed by atoms with Crippen LogP contribution in [0.4, 0.5) is 5.69 Å². The number of methoxy groups -OCH3 is 4. The molecule has 0 saturated carbocycles. The molecule has 0 aliphatic heterocycles. The number of aromatic amines is 1. The van der Waals surface area contributed by atoms with Gasteiger partial charge in [0.25, 0.3) is 0 Å². The van der Waals surface area contributed by atoms with Crippen molar-refractivity contribution < 1.29 is 28.7 Å². The number of nitrogens with one attached hydrogen (secondary N) is 1. The fraction of sp³-hybridized carbons (Fsp3) is 0.217. The lowest BCUT2D eigenvalue weighted by Crippen LogP contribution is -2.05. The van der Waals surface area contributed by atoms with Gasteiger partial charge < -0.3 is 23.9 Å². The highest BCUT2D eigenvalue weighted by atomic mass is 16.6. The topological polar surface area (TPSA) is 131 Å². The second-order valence-corrected chi connectivity index (χ2v) is 7.32. The van der Waals surface area contributed by atoms with E-state index in [4.69, 9.17) is 18.9 Å². The van der Waals surface area contributed by atoms with Gasteiger partial charge in [0.1, 0.15) is 5.52 Å². The minimum Gasteiger partial charge on any atom is -0.493 e. The van der Waals surface area contributed by atoms with Gasteiger partial charge in [0.05, 0.1) is 50.8 Å². The number of fused-ring (bicyclic) bond motifs is 1. The highest BCUT2D eigenvalue weighted by molar-refractivity contribution is 6.21. The van der Waals surface area contributed by atoms with E-state index in [-0.39, 0.29) is 28.1 Å². The molecule has 176 valence electrons. The Kier molecular flexibility index (Phi) is 5.84. The number of nitrogens with zero attached hydrogens (tertiary/aromatic N) is 3. The quantitative estimate of drug-likeness (QED) is 0.236. The van der Waals surface area contributed by atoms with E-state index in [2.05, 4.69) is 10.1 Å². The summed E-state index contributed by atoms with van der Waals surface area (Å²) >= 11 is 0. The van der Waals surface area contributed by atoms with Gasteiger partial charge in [-0.2, -0.15) is 5.10 Å². The molecule has 0 spiro atoms. The summed E-state index contributed by atoms with van der Waals surface area (Å²) in [6, 6.07) is 6.15. The first-order valence-corrected chi connectivity index (χ1v) is 10.0. The molecule has 0 atom stereocenters. The van der Waals surface area contributed by atoms with E-state index in [9.17, 15) is 14.9 Å². The number of rotatable bonds is 8. The normalized spacial score (nSPS) is 10.9. The minimum absolute atomic E-state index is 0.0725. The highest BCUT2D eigenvalue weighted by Crippen LogP contribution is 2.43. The number of aryl methyl sites for hydroxylation is 1. The molecule has 34 heavy (non-hydrogen) atoms. The number of hydrogen-bond acceptors (Lipinski definition) is 8. The molecule has 0 bridgehead atoms. The molecular weight excluding hydrogens is 444 g/mol. The van der Waals surface area contributed by atoms with Crippen LogP contribution in [0.15, 0.2) is 36.7 Å². The molecule has 4 aromatic rings. The first-order chi connectivity index (χ1) is 16.3. The zero-order chi connectivity index (χ0) is 24.6. The van der Waals surface area contributed by atoms with Crippen LogP contribution in [0, 0.1) is 10.1 Å². The molecule has 0 fully saturated rings. The molecule has 4 rings (SSSR count). The fourth-order valence-electron chi connectivity index (χ4n) is 3.93. The number of hydrogen-bond donors (Lipinski definition) is 1. The summed E-state index contributed by atoms with van der Waals surface area (Å²) < 4.78 is 22.9. The summed E-state index contributed by atoms with van der Waals surface area (Å²) in [7, 11) is 7.45. The van der Waals surface area contributed by atoms with Crippen molar-refractivity contribution in [2.45, 2.75) is 0 Å². The molecule has 0 saturated heterocycles. The summed E-state index contributed by atoms with van der Waals surface area (Å²) in [6.45, 7) is 0. The van der Waals surface area contributed by atoms with Crippen LogP contribution >= 0.6 is 0 Å². The Morgan fingerprint density at radius 2 is 1.68 bits per heavy atom. The lowest BCUT2D eigenvalue weighted by Gasteiger charge is -2.14. The first-order valence-electron chi connectivity index (χ1n) is 10.0. The highest BCUT2D eigenvalue weighted by Gasteiger charge is 2.29. The van der Waals surface area contributed by atoms with Gasteiger partial charge in [-0.05, 0) is 24.3 Å². The molecule has 2 aromatic carbocycles. The number of carbonyl (C=O) groups is 1. The van der Waals surface area contributed by atoms with Crippen LogP contribution in [0.5, 0.6) is 23.0 Å². The van der Waals surface area contributed by atoms with Gasteiger partial charge in [-0.25, -0.2) is 0 Å². The van der Waals surface area contributed by atoms with Crippen molar-refractivity contribution in [1.29, 1.82) is 0 Å². The molecule has 11 heteroatoms. The van der Waals surface area contributed by atoms with Crippen molar-refractivity contribution in [3.8, 4) is 34.3 Å². The van der Waals surface area contributed by atoms with E-state index in [1.54, 1.807) is 30.2 Å². The largest absolute Gasteiger partial charge is 0.493 e. The summed E-state index contributed by atoms with van der Waals surface area (Å²) in [5.74, 6) is 0.627. The van der Waals surface area contributed by atoms with Crippen LogP contribution in [0.1, 0.15) is 15.9 Å². The van der Waals surface area contributed by atoms with E-state index in [0.717, 1.165) is 0 Å². The molecule has 0 radical (unpaired) electrons. The number of ketones is 1. The summed E-state index contributed by atoms with van der Waals surface area (Å²) in [4.78, 5) is 28.3. The fourth-order valence-corrected chi connectivity index (χ4v) is 3.93. The van der Waals surface area contributed by atoms with Crippen molar-refractivity contribution in [1.82, 2.24) is 14.8 Å². The van der Waals surface area contributed by atoms with Gasteiger partial charge in [0.2, 0.25) is 5.75 Å². The second-order valence-electron chi connectivity index (χ2n) is 7.32. The van der Waals surface area contributed by atoms with Crippen LogP contribution in [0.25, 0.3) is 22.2 Å².